The number of piperazine rings is 1. The summed E-state index contributed by atoms with van der Waals surface area (Å²) in [6.07, 6.45) is 3.04. The van der Waals surface area contributed by atoms with Gasteiger partial charge < -0.3 is 24.0 Å². The van der Waals surface area contributed by atoms with Crippen LogP contribution in [-0.2, 0) is 14.3 Å². The molecule has 0 aromatic heterocycles. The van der Waals surface area contributed by atoms with Crippen LogP contribution >= 0.6 is 0 Å². The van der Waals surface area contributed by atoms with Crippen molar-refractivity contribution in [2.75, 3.05) is 65.6 Å². The summed E-state index contributed by atoms with van der Waals surface area (Å²) in [5, 5.41) is 0. The minimum Gasteiger partial charge on any atom is -0.490 e. The van der Waals surface area contributed by atoms with E-state index in [1.54, 1.807) is 34.9 Å². The van der Waals surface area contributed by atoms with Gasteiger partial charge in [0.1, 0.15) is 0 Å². The third kappa shape index (κ3) is 6.89. The lowest BCUT2D eigenvalue weighted by molar-refractivity contribution is -0.138. The second kappa shape index (κ2) is 11.8. The highest BCUT2D eigenvalue weighted by Gasteiger charge is 2.25. The molecule has 0 bridgehead atoms. The van der Waals surface area contributed by atoms with Gasteiger partial charge in [-0.3, -0.25) is 14.5 Å². The number of nitrogens with zero attached hydrogens (tertiary/aromatic N) is 3. The molecule has 10 heteroatoms. The van der Waals surface area contributed by atoms with Crippen molar-refractivity contribution in [2.24, 2.45) is 0 Å². The van der Waals surface area contributed by atoms with Crippen LogP contribution in [-0.4, -0.2) is 98.8 Å². The normalized spacial score (nSPS) is 17.8. The molecule has 0 saturated carbocycles. The first-order valence-corrected chi connectivity index (χ1v) is 10.7. The molecule has 3 rings (SSSR count). The molecule has 32 heavy (non-hydrogen) atoms. The van der Waals surface area contributed by atoms with Crippen molar-refractivity contribution in [3.05, 3.63) is 29.8 Å². The summed E-state index contributed by atoms with van der Waals surface area (Å²) < 4.78 is 40.2. The average molecular weight is 453 g/mol. The zero-order valence-corrected chi connectivity index (χ0v) is 18.2. The number of alkyl halides is 2. The van der Waals surface area contributed by atoms with E-state index in [-0.39, 0.29) is 23.3 Å². The highest BCUT2D eigenvalue weighted by molar-refractivity contribution is 5.92. The van der Waals surface area contributed by atoms with Gasteiger partial charge in [-0.25, -0.2) is 0 Å². The topological polar surface area (TPSA) is 71.6 Å². The molecule has 0 radical (unpaired) electrons. The highest BCUT2D eigenvalue weighted by Crippen LogP contribution is 2.30. The van der Waals surface area contributed by atoms with Gasteiger partial charge in [-0.15, -0.1) is 0 Å². The van der Waals surface area contributed by atoms with Crippen molar-refractivity contribution < 1.29 is 32.6 Å². The standard InChI is InChI=1S/C22H29F2N3O5/c1-2-31-19-15-17(3-5-18(19)32-22(23)24)4-6-20(28)26-7-9-27(10-8-26)21(29)16-25-11-13-30-14-12-25/h3-6,15,22H,2,7-14,16H2,1H3/b6-4+. The Kier molecular flexibility index (Phi) is 8.81. The quantitative estimate of drug-likeness (QED) is 0.558. The second-order valence-electron chi connectivity index (χ2n) is 7.45. The molecule has 1 aromatic rings. The molecule has 2 saturated heterocycles. The maximum atomic E-state index is 12.5. The van der Waals surface area contributed by atoms with Gasteiger partial charge in [0.05, 0.1) is 26.4 Å². The summed E-state index contributed by atoms with van der Waals surface area (Å²) in [6.45, 7) is 4.20. The third-order valence-corrected chi connectivity index (χ3v) is 5.31. The Morgan fingerprint density at radius 2 is 1.75 bits per heavy atom. The van der Waals surface area contributed by atoms with Crippen LogP contribution in [0.5, 0.6) is 11.5 Å². The zero-order chi connectivity index (χ0) is 22.9. The number of ether oxygens (including phenoxy) is 3. The molecule has 0 spiro atoms. The van der Waals surface area contributed by atoms with Crippen LogP contribution < -0.4 is 9.47 Å². The van der Waals surface area contributed by atoms with Gasteiger partial charge in [0.25, 0.3) is 0 Å². The zero-order valence-electron chi connectivity index (χ0n) is 18.2. The first-order chi connectivity index (χ1) is 15.5. The molecule has 0 unspecified atom stereocenters. The number of carbonyl (C=O) groups excluding carboxylic acids is 2. The number of halogens is 2. The van der Waals surface area contributed by atoms with Gasteiger partial charge in [0.15, 0.2) is 11.5 Å². The van der Waals surface area contributed by atoms with Crippen molar-refractivity contribution in [3.8, 4) is 11.5 Å². The highest BCUT2D eigenvalue weighted by atomic mass is 19.3. The van der Waals surface area contributed by atoms with Gasteiger partial charge >= 0.3 is 6.61 Å². The molecule has 2 aliphatic heterocycles. The van der Waals surface area contributed by atoms with E-state index in [1.807, 2.05) is 0 Å². The predicted octanol–water partition coefficient (Wildman–Crippen LogP) is 1.70. The van der Waals surface area contributed by atoms with Gasteiger partial charge in [0.2, 0.25) is 11.8 Å². The molecule has 176 valence electrons. The Morgan fingerprint density at radius 1 is 1.06 bits per heavy atom. The number of morpholine rings is 1. The van der Waals surface area contributed by atoms with Crippen LogP contribution in [0.1, 0.15) is 12.5 Å². The molecule has 2 aliphatic rings. The van der Waals surface area contributed by atoms with Crippen LogP contribution in [0.3, 0.4) is 0 Å². The van der Waals surface area contributed by atoms with Crippen LogP contribution in [0.25, 0.3) is 6.08 Å². The number of benzene rings is 1. The van der Waals surface area contributed by atoms with Crippen molar-refractivity contribution in [1.82, 2.24) is 14.7 Å². The Balaban J connectivity index is 1.50. The second-order valence-corrected chi connectivity index (χ2v) is 7.45. The number of carbonyl (C=O) groups is 2. The lowest BCUT2D eigenvalue weighted by Crippen LogP contribution is -2.53. The third-order valence-electron chi connectivity index (χ3n) is 5.31. The Bertz CT molecular complexity index is 807. The van der Waals surface area contributed by atoms with Gasteiger partial charge in [-0.1, -0.05) is 6.07 Å². The Morgan fingerprint density at radius 3 is 2.41 bits per heavy atom. The lowest BCUT2D eigenvalue weighted by Gasteiger charge is -2.36. The summed E-state index contributed by atoms with van der Waals surface area (Å²) in [4.78, 5) is 30.6. The van der Waals surface area contributed by atoms with E-state index in [1.165, 1.54) is 12.1 Å². The van der Waals surface area contributed by atoms with Crippen LogP contribution in [0.15, 0.2) is 24.3 Å². The number of rotatable bonds is 8. The molecular formula is C22H29F2N3O5. The first kappa shape index (κ1) is 23.9. The van der Waals surface area contributed by atoms with E-state index >= 15 is 0 Å². The fourth-order valence-corrected chi connectivity index (χ4v) is 3.59. The fourth-order valence-electron chi connectivity index (χ4n) is 3.59. The van der Waals surface area contributed by atoms with E-state index in [9.17, 15) is 18.4 Å². The fraction of sp³-hybridized carbons (Fsp3) is 0.545. The monoisotopic (exact) mass is 453 g/mol. The van der Waals surface area contributed by atoms with Gasteiger partial charge in [-0.05, 0) is 30.7 Å². The molecular weight excluding hydrogens is 424 g/mol. The van der Waals surface area contributed by atoms with E-state index in [2.05, 4.69) is 9.64 Å². The molecule has 0 aliphatic carbocycles. The smallest absolute Gasteiger partial charge is 0.387 e. The van der Waals surface area contributed by atoms with Crippen molar-refractivity contribution in [1.29, 1.82) is 0 Å². The van der Waals surface area contributed by atoms with E-state index in [0.717, 1.165) is 13.1 Å². The van der Waals surface area contributed by atoms with Crippen molar-refractivity contribution in [2.45, 2.75) is 13.5 Å². The van der Waals surface area contributed by atoms with Crippen LogP contribution in [0.4, 0.5) is 8.78 Å². The Hall–Kier alpha value is -2.72. The predicted molar refractivity (Wildman–Crippen MR) is 114 cm³/mol. The van der Waals surface area contributed by atoms with Gasteiger partial charge in [-0.2, -0.15) is 8.78 Å². The lowest BCUT2D eigenvalue weighted by atomic mass is 10.2. The summed E-state index contributed by atoms with van der Waals surface area (Å²) in [5.41, 5.74) is 0.628. The summed E-state index contributed by atoms with van der Waals surface area (Å²) in [6, 6.07) is 4.51. The van der Waals surface area contributed by atoms with E-state index in [4.69, 9.17) is 9.47 Å². The summed E-state index contributed by atoms with van der Waals surface area (Å²) in [7, 11) is 0. The maximum absolute atomic E-state index is 12.5. The van der Waals surface area contributed by atoms with E-state index < -0.39 is 6.61 Å². The maximum Gasteiger partial charge on any atom is 0.387 e. The van der Waals surface area contributed by atoms with Crippen LogP contribution in [0.2, 0.25) is 0 Å². The number of hydrogen-bond acceptors (Lipinski definition) is 6. The minimum atomic E-state index is -2.95. The molecule has 1 aromatic carbocycles. The largest absolute Gasteiger partial charge is 0.490 e. The summed E-state index contributed by atoms with van der Waals surface area (Å²) >= 11 is 0. The number of amides is 2. The first-order valence-electron chi connectivity index (χ1n) is 10.7. The van der Waals surface area contributed by atoms with E-state index in [0.29, 0.717) is 58.1 Å². The molecule has 2 heterocycles. The number of hydrogen-bond donors (Lipinski definition) is 0. The van der Waals surface area contributed by atoms with Crippen LogP contribution in [0, 0.1) is 0 Å². The average Bonchev–Trinajstić information content (AvgIpc) is 2.79. The SMILES string of the molecule is CCOc1cc(/C=C/C(=O)N2CCN(C(=O)CN3CCOCC3)CC2)ccc1OC(F)F. The molecule has 0 N–H and O–H groups in total. The van der Waals surface area contributed by atoms with Crippen molar-refractivity contribution in [3.63, 3.8) is 0 Å². The van der Waals surface area contributed by atoms with Gasteiger partial charge in [0, 0.05) is 45.3 Å². The molecule has 8 nitrogen and oxygen atoms in total. The molecule has 2 amide bonds. The Labute approximate surface area is 186 Å². The van der Waals surface area contributed by atoms with Crippen molar-refractivity contribution >= 4 is 17.9 Å². The minimum absolute atomic E-state index is 0.0526. The molecule has 2 fully saturated rings. The molecule has 0 atom stereocenters. The summed E-state index contributed by atoms with van der Waals surface area (Å²) in [5.74, 6) is 0.0400.